The zero-order chi connectivity index (χ0) is 37.0. The maximum atomic E-state index is 4.32. The van der Waals surface area contributed by atoms with Crippen LogP contribution in [0, 0.1) is 0 Å². The van der Waals surface area contributed by atoms with Gasteiger partial charge in [-0.25, -0.2) is 0 Å². The van der Waals surface area contributed by atoms with Gasteiger partial charge in [0.2, 0.25) is 0 Å². The first-order chi connectivity index (χ1) is 27.8. The third kappa shape index (κ3) is 5.47. The second-order valence-electron chi connectivity index (χ2n) is 15.0. The summed E-state index contributed by atoms with van der Waals surface area (Å²) in [6.07, 6.45) is 21.7. The Morgan fingerprint density at radius 1 is 0.429 bits per heavy atom. The summed E-state index contributed by atoms with van der Waals surface area (Å²) in [6.45, 7) is 0. The Hall–Kier alpha value is -6.97. The monoisotopic (exact) mass is 717 g/mol. The van der Waals surface area contributed by atoms with Crippen LogP contribution in [0.3, 0.4) is 0 Å². The summed E-state index contributed by atoms with van der Waals surface area (Å²) in [5.41, 5.74) is 17.1. The molecule has 0 spiro atoms. The summed E-state index contributed by atoms with van der Waals surface area (Å²) in [4.78, 5) is 4.32. The fourth-order valence-electron chi connectivity index (χ4n) is 8.99. The van der Waals surface area contributed by atoms with E-state index in [0.29, 0.717) is 0 Å². The molecule has 2 aliphatic carbocycles. The van der Waals surface area contributed by atoms with Crippen molar-refractivity contribution in [2.24, 2.45) is 0 Å². The predicted octanol–water partition coefficient (Wildman–Crippen LogP) is 14.1. The van der Waals surface area contributed by atoms with Crippen molar-refractivity contribution in [1.82, 2.24) is 14.1 Å². The Morgan fingerprint density at radius 2 is 1.14 bits per heavy atom. The molecular formula is C53H39N3. The molecule has 0 saturated carbocycles. The number of para-hydroxylation sites is 2. The van der Waals surface area contributed by atoms with Crippen molar-refractivity contribution in [2.75, 3.05) is 0 Å². The Bertz CT molecular complexity index is 3130. The number of pyridine rings is 1. The SMILES string of the molecule is C1=CCCC(c2cccc(-n3c4ccccc4c4cc(-c5ccc6c7ccccc7n(-c7cc(C8=CCCC=C8)cc(-c8ccncc8)c7)c6c5)ccc43)c2)=C1. The van der Waals surface area contributed by atoms with Gasteiger partial charge in [0.15, 0.2) is 0 Å². The standard InChI is InChI=1S/C53H39N3/c1-3-12-36(13-4-1)39-16-11-17-44(31-39)55-51-21-10-8-19-47(51)49-34-40(23-25-52(49)55)41-22-24-48-46-18-7-9-20-50(46)56(53(48)35-41)45-32-42(37-14-5-2-6-15-37)30-43(33-45)38-26-28-54-29-27-38/h1,3,5,7-12,14-35H,2,4,6,13H2. The molecule has 2 aliphatic rings. The van der Waals surface area contributed by atoms with Gasteiger partial charge in [-0.05, 0) is 143 Å². The summed E-state index contributed by atoms with van der Waals surface area (Å²) in [5.74, 6) is 0. The van der Waals surface area contributed by atoms with Crippen LogP contribution in [-0.4, -0.2) is 14.1 Å². The number of allylic oxidation sites excluding steroid dienone is 8. The lowest BCUT2D eigenvalue weighted by atomic mass is 9.95. The number of rotatable bonds is 6. The van der Waals surface area contributed by atoms with Gasteiger partial charge in [-0.2, -0.15) is 0 Å². The highest BCUT2D eigenvalue weighted by atomic mass is 15.0. The number of fused-ring (bicyclic) bond motifs is 6. The van der Waals surface area contributed by atoms with Gasteiger partial charge >= 0.3 is 0 Å². The summed E-state index contributed by atoms with van der Waals surface area (Å²) >= 11 is 0. The van der Waals surface area contributed by atoms with E-state index in [1.54, 1.807) is 0 Å². The average molecular weight is 718 g/mol. The van der Waals surface area contributed by atoms with Crippen LogP contribution >= 0.6 is 0 Å². The van der Waals surface area contributed by atoms with Gasteiger partial charge in [0.1, 0.15) is 0 Å². The van der Waals surface area contributed by atoms with Crippen molar-refractivity contribution >= 4 is 54.8 Å². The fraction of sp³-hybridized carbons (Fsp3) is 0.0755. The van der Waals surface area contributed by atoms with Gasteiger partial charge in [0.05, 0.1) is 22.1 Å². The van der Waals surface area contributed by atoms with Gasteiger partial charge in [-0.3, -0.25) is 4.98 Å². The van der Waals surface area contributed by atoms with Crippen LogP contribution < -0.4 is 0 Å². The van der Waals surface area contributed by atoms with Crippen LogP contribution in [-0.2, 0) is 0 Å². The predicted molar refractivity (Wildman–Crippen MR) is 236 cm³/mol. The van der Waals surface area contributed by atoms with Gasteiger partial charge in [0, 0.05) is 45.3 Å². The maximum Gasteiger partial charge on any atom is 0.0547 e. The fourth-order valence-corrected chi connectivity index (χ4v) is 8.99. The Balaban J connectivity index is 1.09. The van der Waals surface area contributed by atoms with E-state index in [-0.39, 0.29) is 0 Å². The zero-order valence-corrected chi connectivity index (χ0v) is 31.1. The summed E-state index contributed by atoms with van der Waals surface area (Å²) in [6, 6.07) is 51.9. The van der Waals surface area contributed by atoms with E-state index in [0.717, 1.165) is 36.9 Å². The molecule has 266 valence electrons. The lowest BCUT2D eigenvalue weighted by Gasteiger charge is -2.16. The molecule has 0 aliphatic heterocycles. The molecule has 3 heterocycles. The maximum absolute atomic E-state index is 4.32. The first-order valence-electron chi connectivity index (χ1n) is 19.7. The minimum Gasteiger partial charge on any atom is -0.309 e. The van der Waals surface area contributed by atoms with Gasteiger partial charge in [0.25, 0.3) is 0 Å². The van der Waals surface area contributed by atoms with Crippen LogP contribution in [0.15, 0.2) is 188 Å². The van der Waals surface area contributed by atoms with Crippen molar-refractivity contribution in [3.63, 3.8) is 0 Å². The molecule has 3 heteroatoms. The van der Waals surface area contributed by atoms with Crippen LogP contribution in [0.5, 0.6) is 0 Å². The molecule has 0 radical (unpaired) electrons. The molecule has 0 bridgehead atoms. The molecular weight excluding hydrogens is 679 g/mol. The highest BCUT2D eigenvalue weighted by Crippen LogP contribution is 2.40. The molecule has 9 aromatic rings. The van der Waals surface area contributed by atoms with E-state index in [1.807, 2.05) is 12.4 Å². The second-order valence-corrected chi connectivity index (χ2v) is 15.0. The lowest BCUT2D eigenvalue weighted by Crippen LogP contribution is -1.98. The number of nitrogens with zero attached hydrogens (tertiary/aromatic N) is 3. The summed E-state index contributed by atoms with van der Waals surface area (Å²) in [5, 5.41) is 5.02. The van der Waals surface area contributed by atoms with Gasteiger partial charge in [-0.15, -0.1) is 0 Å². The Labute approximate surface area is 326 Å². The van der Waals surface area contributed by atoms with Crippen molar-refractivity contribution in [2.45, 2.75) is 25.7 Å². The summed E-state index contributed by atoms with van der Waals surface area (Å²) in [7, 11) is 0. The van der Waals surface area contributed by atoms with Gasteiger partial charge < -0.3 is 9.13 Å². The minimum absolute atomic E-state index is 1.06. The molecule has 6 aromatic carbocycles. The number of hydrogen-bond donors (Lipinski definition) is 0. The lowest BCUT2D eigenvalue weighted by molar-refractivity contribution is 1.04. The van der Waals surface area contributed by atoms with E-state index in [9.17, 15) is 0 Å². The molecule has 0 N–H and O–H groups in total. The molecule has 0 atom stereocenters. The molecule has 0 fully saturated rings. The number of aromatic nitrogens is 3. The smallest absolute Gasteiger partial charge is 0.0547 e. The van der Waals surface area contributed by atoms with E-state index in [1.165, 1.54) is 88.3 Å². The van der Waals surface area contributed by atoms with E-state index >= 15 is 0 Å². The average Bonchev–Trinajstić information content (AvgIpc) is 3.79. The van der Waals surface area contributed by atoms with Crippen molar-refractivity contribution in [3.05, 3.63) is 200 Å². The topological polar surface area (TPSA) is 22.8 Å². The van der Waals surface area contributed by atoms with Crippen LogP contribution in [0.25, 0.3) is 88.4 Å². The van der Waals surface area contributed by atoms with Crippen molar-refractivity contribution in [3.8, 4) is 33.6 Å². The van der Waals surface area contributed by atoms with Crippen LogP contribution in [0.2, 0.25) is 0 Å². The van der Waals surface area contributed by atoms with Crippen LogP contribution in [0.1, 0.15) is 36.8 Å². The Morgan fingerprint density at radius 3 is 1.95 bits per heavy atom. The largest absolute Gasteiger partial charge is 0.309 e. The number of benzene rings is 6. The van der Waals surface area contributed by atoms with Crippen molar-refractivity contribution < 1.29 is 0 Å². The number of hydrogen-bond acceptors (Lipinski definition) is 1. The third-order valence-electron chi connectivity index (χ3n) is 11.7. The Kier molecular flexibility index (Phi) is 7.77. The normalized spacial score (nSPS) is 14.2. The molecule has 11 rings (SSSR count). The first kappa shape index (κ1) is 32.5. The zero-order valence-electron chi connectivity index (χ0n) is 31.1. The quantitative estimate of drug-likeness (QED) is 0.168. The molecule has 0 amide bonds. The second kappa shape index (κ2) is 13.4. The molecule has 0 unspecified atom stereocenters. The molecule has 56 heavy (non-hydrogen) atoms. The summed E-state index contributed by atoms with van der Waals surface area (Å²) < 4.78 is 4.90. The minimum atomic E-state index is 1.06. The van der Waals surface area contributed by atoms with Crippen molar-refractivity contribution in [1.29, 1.82) is 0 Å². The molecule has 3 nitrogen and oxygen atoms in total. The van der Waals surface area contributed by atoms with Gasteiger partial charge in [-0.1, -0.05) is 103 Å². The van der Waals surface area contributed by atoms with E-state index in [2.05, 4.69) is 190 Å². The molecule has 3 aromatic heterocycles. The van der Waals surface area contributed by atoms with E-state index < -0.39 is 0 Å². The molecule has 0 saturated heterocycles. The highest BCUT2D eigenvalue weighted by molar-refractivity contribution is 6.12. The first-order valence-corrected chi connectivity index (χ1v) is 19.7. The third-order valence-corrected chi connectivity index (χ3v) is 11.7. The van der Waals surface area contributed by atoms with E-state index in [4.69, 9.17) is 0 Å². The highest BCUT2D eigenvalue weighted by Gasteiger charge is 2.18. The van der Waals surface area contributed by atoms with Crippen LogP contribution in [0.4, 0.5) is 0 Å².